The van der Waals surface area contributed by atoms with Crippen molar-refractivity contribution in [3.63, 3.8) is 0 Å². The number of aliphatic imine (C=N–C) groups is 1. The van der Waals surface area contributed by atoms with Gasteiger partial charge >= 0.3 is 0 Å². The van der Waals surface area contributed by atoms with Gasteiger partial charge in [-0.2, -0.15) is 4.99 Å². The quantitative estimate of drug-likeness (QED) is 0.501. The zero-order valence-electron chi connectivity index (χ0n) is 17.3. The van der Waals surface area contributed by atoms with Crippen molar-refractivity contribution < 1.29 is 9.53 Å². The molecule has 2 aliphatic rings. The molecule has 2 aliphatic heterocycles. The predicted octanol–water partition coefficient (Wildman–Crippen LogP) is 4.66. The van der Waals surface area contributed by atoms with Gasteiger partial charge in [0.05, 0.1) is 11.5 Å². The molecule has 5 nitrogen and oxygen atoms in total. The first-order valence-electron chi connectivity index (χ1n) is 10.5. The largest absolute Gasteiger partial charge is 0.493 e. The van der Waals surface area contributed by atoms with E-state index in [0.717, 1.165) is 55.5 Å². The lowest BCUT2D eigenvalue weighted by Gasteiger charge is -2.36. The molecule has 1 amide bonds. The Hall–Kier alpha value is -2.73. The smallest absolute Gasteiger partial charge is 0.286 e. The number of rotatable bonds is 6. The van der Waals surface area contributed by atoms with Crippen LogP contribution in [0.3, 0.4) is 0 Å². The molecular formula is C24H27N3O2S. The number of anilines is 1. The van der Waals surface area contributed by atoms with E-state index in [1.54, 1.807) is 0 Å². The molecule has 1 fully saturated rings. The van der Waals surface area contributed by atoms with Gasteiger partial charge in [0.25, 0.3) is 5.91 Å². The van der Waals surface area contributed by atoms with E-state index in [1.807, 2.05) is 36.4 Å². The van der Waals surface area contributed by atoms with Crippen molar-refractivity contribution in [3.8, 4) is 5.75 Å². The van der Waals surface area contributed by atoms with Crippen molar-refractivity contribution in [2.24, 2.45) is 4.99 Å². The van der Waals surface area contributed by atoms with Crippen LogP contribution in [0.15, 0.2) is 64.5 Å². The Labute approximate surface area is 182 Å². The van der Waals surface area contributed by atoms with Crippen molar-refractivity contribution in [3.05, 3.63) is 65.1 Å². The molecule has 4 rings (SSSR count). The highest BCUT2D eigenvalue weighted by atomic mass is 32.2. The number of thioether (sulfide) groups is 1. The Morgan fingerprint density at radius 1 is 1.00 bits per heavy atom. The lowest BCUT2D eigenvalue weighted by atomic mass is 10.2. The highest BCUT2D eigenvalue weighted by Crippen LogP contribution is 2.33. The fourth-order valence-corrected chi connectivity index (χ4v) is 4.48. The normalized spacial score (nSPS) is 18.1. The summed E-state index contributed by atoms with van der Waals surface area (Å²) in [4.78, 5) is 22.1. The highest BCUT2D eigenvalue weighted by Gasteiger charge is 2.28. The minimum absolute atomic E-state index is 0.163. The van der Waals surface area contributed by atoms with Gasteiger partial charge < -0.3 is 14.5 Å². The maximum Gasteiger partial charge on any atom is 0.286 e. The summed E-state index contributed by atoms with van der Waals surface area (Å²) in [7, 11) is 0. The number of amidine groups is 1. The second-order valence-electron chi connectivity index (χ2n) is 7.36. The molecule has 0 saturated carbocycles. The molecular weight excluding hydrogens is 394 g/mol. The van der Waals surface area contributed by atoms with E-state index in [-0.39, 0.29) is 5.91 Å². The Morgan fingerprint density at radius 2 is 1.70 bits per heavy atom. The first-order valence-corrected chi connectivity index (χ1v) is 11.4. The molecule has 1 saturated heterocycles. The average Bonchev–Trinajstić information content (AvgIpc) is 3.16. The van der Waals surface area contributed by atoms with Gasteiger partial charge in [0.1, 0.15) is 5.75 Å². The Morgan fingerprint density at radius 3 is 2.47 bits per heavy atom. The van der Waals surface area contributed by atoms with Gasteiger partial charge in [0.2, 0.25) is 0 Å². The van der Waals surface area contributed by atoms with Gasteiger partial charge in [-0.15, -0.1) is 0 Å². The van der Waals surface area contributed by atoms with E-state index < -0.39 is 0 Å². The molecule has 30 heavy (non-hydrogen) atoms. The third kappa shape index (κ3) is 4.87. The first kappa shape index (κ1) is 20.5. The van der Waals surface area contributed by atoms with Crippen molar-refractivity contribution in [1.82, 2.24) is 4.90 Å². The molecule has 2 heterocycles. The van der Waals surface area contributed by atoms with Crippen LogP contribution >= 0.6 is 11.8 Å². The van der Waals surface area contributed by atoms with E-state index in [1.165, 1.54) is 17.4 Å². The summed E-state index contributed by atoms with van der Waals surface area (Å²) in [5, 5.41) is 0.809. The maximum absolute atomic E-state index is 12.5. The molecule has 0 unspecified atom stereocenters. The Balaban J connectivity index is 1.39. The van der Waals surface area contributed by atoms with Crippen molar-refractivity contribution in [2.45, 2.75) is 19.8 Å². The van der Waals surface area contributed by atoms with Crippen LogP contribution in [0.25, 0.3) is 6.08 Å². The van der Waals surface area contributed by atoms with E-state index in [4.69, 9.17) is 4.74 Å². The van der Waals surface area contributed by atoms with E-state index in [2.05, 4.69) is 46.0 Å². The zero-order valence-corrected chi connectivity index (χ0v) is 18.1. The monoisotopic (exact) mass is 421 g/mol. The third-order valence-corrected chi connectivity index (χ3v) is 6.29. The molecule has 0 aromatic heterocycles. The molecule has 156 valence electrons. The molecule has 0 N–H and O–H groups in total. The number of ether oxygens (including phenoxy) is 1. The summed E-state index contributed by atoms with van der Waals surface area (Å²) in [6.07, 6.45) is 4.01. The SMILES string of the molecule is CCCCOc1ccccc1C=C1SC(N2CCN(c3ccccc3)CC2)=NC1=O. The van der Waals surface area contributed by atoms with Crippen LogP contribution in [0.1, 0.15) is 25.3 Å². The number of hydrogen-bond acceptors (Lipinski definition) is 5. The lowest BCUT2D eigenvalue weighted by Crippen LogP contribution is -2.47. The number of para-hydroxylation sites is 2. The number of piperazine rings is 1. The van der Waals surface area contributed by atoms with Gasteiger partial charge in [-0.25, -0.2) is 0 Å². The minimum Gasteiger partial charge on any atom is -0.493 e. The number of hydrogen-bond donors (Lipinski definition) is 0. The topological polar surface area (TPSA) is 45.1 Å². The van der Waals surface area contributed by atoms with Crippen LogP contribution in [0.5, 0.6) is 5.75 Å². The number of carbonyl (C=O) groups is 1. The minimum atomic E-state index is -0.163. The second-order valence-corrected chi connectivity index (χ2v) is 8.37. The summed E-state index contributed by atoms with van der Waals surface area (Å²) in [6.45, 7) is 6.39. The average molecular weight is 422 g/mol. The second kappa shape index (κ2) is 9.85. The molecule has 0 bridgehead atoms. The number of amides is 1. The van der Waals surface area contributed by atoms with E-state index in [9.17, 15) is 4.79 Å². The number of carbonyl (C=O) groups excluding carboxylic acids is 1. The third-order valence-electron chi connectivity index (χ3n) is 5.24. The molecule has 0 spiro atoms. The number of nitrogens with zero attached hydrogens (tertiary/aromatic N) is 3. The maximum atomic E-state index is 12.5. The number of unbranched alkanes of at least 4 members (excludes halogenated alkanes) is 1. The van der Waals surface area contributed by atoms with E-state index >= 15 is 0 Å². The summed E-state index contributed by atoms with van der Waals surface area (Å²) < 4.78 is 5.90. The summed E-state index contributed by atoms with van der Waals surface area (Å²) in [5.41, 5.74) is 2.17. The van der Waals surface area contributed by atoms with Gasteiger partial charge in [-0.3, -0.25) is 4.79 Å². The Bertz CT molecular complexity index is 934. The first-order chi connectivity index (χ1) is 14.7. The molecule has 2 aromatic carbocycles. The van der Waals surface area contributed by atoms with Crippen molar-refractivity contribution in [2.75, 3.05) is 37.7 Å². The fourth-order valence-electron chi connectivity index (χ4n) is 3.53. The highest BCUT2D eigenvalue weighted by molar-refractivity contribution is 8.18. The molecule has 0 aliphatic carbocycles. The summed E-state index contributed by atoms with van der Waals surface area (Å²) in [6, 6.07) is 18.3. The Kier molecular flexibility index (Phi) is 6.74. The number of benzene rings is 2. The fraction of sp³-hybridized carbons (Fsp3) is 0.333. The van der Waals surface area contributed by atoms with Gasteiger partial charge in [-0.1, -0.05) is 49.7 Å². The standard InChI is InChI=1S/C24H27N3O2S/c1-2-3-17-29-21-12-8-7-9-19(21)18-22-23(28)25-24(30-22)27-15-13-26(14-16-27)20-10-5-4-6-11-20/h4-12,18H,2-3,13-17H2,1H3. The molecule has 0 atom stereocenters. The van der Waals surface area contributed by atoms with Crippen LogP contribution in [0, 0.1) is 0 Å². The van der Waals surface area contributed by atoms with Crippen LogP contribution in [0.2, 0.25) is 0 Å². The van der Waals surface area contributed by atoms with Gasteiger partial charge in [0.15, 0.2) is 5.17 Å². The van der Waals surface area contributed by atoms with Crippen LogP contribution in [-0.2, 0) is 4.79 Å². The zero-order chi connectivity index (χ0) is 20.8. The molecule has 0 radical (unpaired) electrons. The molecule has 2 aromatic rings. The summed E-state index contributed by atoms with van der Waals surface area (Å²) in [5.74, 6) is 0.653. The van der Waals surface area contributed by atoms with Crippen LogP contribution in [0.4, 0.5) is 5.69 Å². The predicted molar refractivity (Wildman–Crippen MR) is 125 cm³/mol. The molecule has 6 heteroatoms. The van der Waals surface area contributed by atoms with Gasteiger partial charge in [0, 0.05) is 37.4 Å². The van der Waals surface area contributed by atoms with E-state index in [0.29, 0.717) is 11.5 Å². The summed E-state index contributed by atoms with van der Waals surface area (Å²) >= 11 is 1.47. The van der Waals surface area contributed by atoms with Crippen LogP contribution < -0.4 is 9.64 Å². The van der Waals surface area contributed by atoms with Crippen molar-refractivity contribution >= 4 is 34.6 Å². The van der Waals surface area contributed by atoms with Crippen molar-refractivity contribution in [1.29, 1.82) is 0 Å². The van der Waals surface area contributed by atoms with Crippen LogP contribution in [-0.4, -0.2) is 48.8 Å². The van der Waals surface area contributed by atoms with Gasteiger partial charge in [-0.05, 0) is 42.5 Å². The lowest BCUT2D eigenvalue weighted by molar-refractivity contribution is -0.113.